The summed E-state index contributed by atoms with van der Waals surface area (Å²) in [4.78, 5) is 93.9. The Kier molecular flexibility index (Phi) is 9.01. The summed E-state index contributed by atoms with van der Waals surface area (Å²) in [6, 6.07) is 38.9. The van der Waals surface area contributed by atoms with Crippen molar-refractivity contribution < 1.29 is 33.6 Å². The Morgan fingerprint density at radius 1 is 0.429 bits per heavy atom. The van der Waals surface area contributed by atoms with Gasteiger partial charge in [-0.25, -0.2) is 9.80 Å². The number of allylic oxidation sites excluding steroid dienone is 1. The lowest BCUT2D eigenvalue weighted by Gasteiger charge is -2.13. The molecule has 2 aliphatic heterocycles. The molecule has 11 heteroatoms. The number of carbonyl (C=O) groups is 7. The van der Waals surface area contributed by atoms with Crippen LogP contribution in [0.3, 0.4) is 0 Å². The molecule has 6 aromatic rings. The summed E-state index contributed by atoms with van der Waals surface area (Å²) in [5, 5.41) is 5.55. The molecular weight excluding hydrogens is 709 g/mol. The van der Waals surface area contributed by atoms with Gasteiger partial charge in [0, 0.05) is 28.1 Å². The molecule has 6 aromatic carbocycles. The van der Waals surface area contributed by atoms with Crippen molar-refractivity contribution in [3.63, 3.8) is 0 Å². The highest BCUT2D eigenvalue weighted by Gasteiger charge is 2.38. The first-order valence-corrected chi connectivity index (χ1v) is 17.4. The van der Waals surface area contributed by atoms with Crippen molar-refractivity contribution in [3.05, 3.63) is 196 Å². The third kappa shape index (κ3) is 6.56. The predicted octanol–water partition coefficient (Wildman–Crippen LogP) is 7.69. The molecule has 2 heterocycles. The molecule has 0 spiro atoms. The first kappa shape index (κ1) is 35.0. The van der Waals surface area contributed by atoms with Gasteiger partial charge < -0.3 is 10.6 Å². The summed E-state index contributed by atoms with van der Waals surface area (Å²) in [7, 11) is 0. The Labute approximate surface area is 319 Å². The van der Waals surface area contributed by atoms with Gasteiger partial charge in [0.2, 0.25) is 0 Å². The van der Waals surface area contributed by atoms with Crippen molar-refractivity contribution in [2.24, 2.45) is 0 Å². The largest absolute Gasteiger partial charge is 0.322 e. The number of hydrogen-bond acceptors (Lipinski definition) is 7. The average molecular weight is 737 g/mol. The second kappa shape index (κ2) is 14.4. The minimum Gasteiger partial charge on any atom is -0.322 e. The highest BCUT2D eigenvalue weighted by Crippen LogP contribution is 2.31. The monoisotopic (exact) mass is 736 g/mol. The fourth-order valence-corrected chi connectivity index (χ4v) is 6.53. The molecule has 2 N–H and O–H groups in total. The zero-order chi connectivity index (χ0) is 38.9. The summed E-state index contributed by atoms with van der Waals surface area (Å²) in [5.41, 5.74) is 3.60. The number of benzene rings is 6. The number of rotatable bonds is 9. The summed E-state index contributed by atoms with van der Waals surface area (Å²) < 4.78 is 0. The molecule has 6 amide bonds. The molecule has 0 aliphatic carbocycles. The molecule has 2 aliphatic rings. The van der Waals surface area contributed by atoms with Crippen LogP contribution in [0.4, 0.5) is 22.7 Å². The van der Waals surface area contributed by atoms with Gasteiger partial charge in [0.05, 0.1) is 33.6 Å². The lowest BCUT2D eigenvalue weighted by molar-refractivity contribution is 0.0910. The molecule has 0 bridgehead atoms. The SMILES string of the molecule is O=C(/C=C/c1cccc(NC(=O)c2ccc3c(c2)C(=O)N(c2ccccc2)C3=O)c1)c1cccc(NC(=O)c2ccc3c(c2)C(=O)N(c2ccccc2)C3=O)c1. The minimum atomic E-state index is -0.528. The van der Waals surface area contributed by atoms with Crippen molar-refractivity contribution >= 4 is 70.1 Å². The van der Waals surface area contributed by atoms with Gasteiger partial charge in [-0.15, -0.1) is 0 Å². The zero-order valence-electron chi connectivity index (χ0n) is 29.3. The molecule has 8 rings (SSSR count). The van der Waals surface area contributed by atoms with Gasteiger partial charge in [0.25, 0.3) is 35.4 Å². The second-order valence-corrected chi connectivity index (χ2v) is 12.9. The van der Waals surface area contributed by atoms with Crippen LogP contribution in [0.15, 0.2) is 152 Å². The average Bonchev–Trinajstić information content (AvgIpc) is 3.63. The molecule has 0 unspecified atom stereocenters. The van der Waals surface area contributed by atoms with Crippen LogP contribution in [0.5, 0.6) is 0 Å². The molecule has 270 valence electrons. The van der Waals surface area contributed by atoms with Crippen molar-refractivity contribution in [3.8, 4) is 0 Å². The number of imide groups is 2. The van der Waals surface area contributed by atoms with Crippen LogP contribution in [0.1, 0.15) is 78.1 Å². The van der Waals surface area contributed by atoms with Gasteiger partial charge in [-0.3, -0.25) is 33.6 Å². The van der Waals surface area contributed by atoms with E-state index in [1.165, 1.54) is 48.5 Å². The Balaban J connectivity index is 0.911. The van der Waals surface area contributed by atoms with Gasteiger partial charge in [-0.1, -0.05) is 66.7 Å². The summed E-state index contributed by atoms with van der Waals surface area (Å²) in [5.74, 6) is -3.33. The van der Waals surface area contributed by atoms with Crippen molar-refractivity contribution in [1.29, 1.82) is 0 Å². The van der Waals surface area contributed by atoms with Crippen molar-refractivity contribution in [1.82, 2.24) is 0 Å². The van der Waals surface area contributed by atoms with E-state index in [-0.39, 0.29) is 39.2 Å². The van der Waals surface area contributed by atoms with Crippen LogP contribution in [0.25, 0.3) is 6.08 Å². The number of anilines is 4. The molecule has 0 aromatic heterocycles. The Hall–Kier alpha value is -8.05. The quantitative estimate of drug-likeness (QED) is 0.0878. The number of amides is 6. The summed E-state index contributed by atoms with van der Waals surface area (Å²) in [6.45, 7) is 0. The lowest BCUT2D eigenvalue weighted by Crippen LogP contribution is -2.29. The van der Waals surface area contributed by atoms with E-state index >= 15 is 0 Å². The number of para-hydroxylation sites is 2. The molecule has 0 atom stereocenters. The number of hydrogen-bond donors (Lipinski definition) is 2. The van der Waals surface area contributed by atoms with Gasteiger partial charge in [0.15, 0.2) is 5.78 Å². The normalized spacial score (nSPS) is 13.2. The van der Waals surface area contributed by atoms with Crippen molar-refractivity contribution in [2.75, 3.05) is 20.4 Å². The third-order valence-corrected chi connectivity index (χ3v) is 9.30. The zero-order valence-corrected chi connectivity index (χ0v) is 29.3. The molecule has 0 fully saturated rings. The van der Waals surface area contributed by atoms with E-state index in [4.69, 9.17) is 0 Å². The van der Waals surface area contributed by atoms with Gasteiger partial charge in [-0.2, -0.15) is 0 Å². The van der Waals surface area contributed by atoms with Gasteiger partial charge >= 0.3 is 0 Å². The van der Waals surface area contributed by atoms with Crippen LogP contribution in [-0.2, 0) is 0 Å². The molecular formula is C45H28N4O7. The maximum atomic E-state index is 13.2. The Morgan fingerprint density at radius 3 is 1.41 bits per heavy atom. The molecule has 0 saturated heterocycles. The van der Waals surface area contributed by atoms with Crippen LogP contribution in [0, 0.1) is 0 Å². The van der Waals surface area contributed by atoms with E-state index in [0.717, 1.165) is 9.80 Å². The van der Waals surface area contributed by atoms with E-state index in [1.54, 1.807) is 109 Å². The molecule has 11 nitrogen and oxygen atoms in total. The number of nitrogens with zero attached hydrogens (tertiary/aromatic N) is 2. The molecule has 0 radical (unpaired) electrons. The number of fused-ring (bicyclic) bond motifs is 2. The van der Waals surface area contributed by atoms with E-state index < -0.39 is 35.4 Å². The summed E-state index contributed by atoms with van der Waals surface area (Å²) >= 11 is 0. The van der Waals surface area contributed by atoms with Crippen LogP contribution >= 0.6 is 0 Å². The highest BCUT2D eigenvalue weighted by molar-refractivity contribution is 6.35. The van der Waals surface area contributed by atoms with Gasteiger partial charge in [0.1, 0.15) is 0 Å². The molecule has 0 saturated carbocycles. The van der Waals surface area contributed by atoms with Crippen LogP contribution in [0.2, 0.25) is 0 Å². The molecule has 56 heavy (non-hydrogen) atoms. The smallest absolute Gasteiger partial charge is 0.266 e. The fourth-order valence-electron chi connectivity index (χ4n) is 6.53. The standard InChI is InChI=1S/C45H28N4O7/c50-39(28-10-8-12-32(24-28)47-41(52)30-19-21-36-38(26-30)45(56)49(43(36)54)34-15-5-2-6-16-34)22-17-27-9-7-11-31(23-27)46-40(51)29-18-20-35-37(25-29)44(55)48(42(35)53)33-13-3-1-4-14-33/h1-26H,(H,46,51)(H,47,52)/b22-17+. The predicted molar refractivity (Wildman–Crippen MR) is 210 cm³/mol. The summed E-state index contributed by atoms with van der Waals surface area (Å²) in [6.07, 6.45) is 2.95. The maximum absolute atomic E-state index is 13.2. The first-order chi connectivity index (χ1) is 27.2. The Bertz CT molecular complexity index is 2690. The number of carbonyl (C=O) groups excluding carboxylic acids is 7. The van der Waals surface area contributed by atoms with Crippen LogP contribution < -0.4 is 20.4 Å². The third-order valence-electron chi connectivity index (χ3n) is 9.30. The number of ketones is 1. The van der Waals surface area contributed by atoms with E-state index in [9.17, 15) is 33.6 Å². The van der Waals surface area contributed by atoms with Crippen molar-refractivity contribution in [2.45, 2.75) is 0 Å². The highest BCUT2D eigenvalue weighted by atomic mass is 16.2. The van der Waals surface area contributed by atoms with E-state index in [1.807, 2.05) is 0 Å². The maximum Gasteiger partial charge on any atom is 0.266 e. The first-order valence-electron chi connectivity index (χ1n) is 17.4. The topological polar surface area (TPSA) is 150 Å². The minimum absolute atomic E-state index is 0.122. The second-order valence-electron chi connectivity index (χ2n) is 12.9. The van der Waals surface area contributed by atoms with Crippen LogP contribution in [-0.4, -0.2) is 41.2 Å². The van der Waals surface area contributed by atoms with E-state index in [0.29, 0.717) is 33.9 Å². The van der Waals surface area contributed by atoms with Gasteiger partial charge in [-0.05, 0) is 96.6 Å². The Morgan fingerprint density at radius 2 is 0.893 bits per heavy atom. The van der Waals surface area contributed by atoms with E-state index in [2.05, 4.69) is 10.6 Å². The lowest BCUT2D eigenvalue weighted by atomic mass is 10.0. The number of nitrogens with one attached hydrogen (secondary N) is 2. The fraction of sp³-hybridized carbons (Fsp3) is 0.